The van der Waals surface area contributed by atoms with Crippen LogP contribution in [0.4, 0.5) is 4.79 Å². The number of carbonyl (C=O) groups is 2. The van der Waals surface area contributed by atoms with Crippen LogP contribution in [0.5, 0.6) is 17.2 Å². The number of rotatable bonds is 9. The Morgan fingerprint density at radius 1 is 1.06 bits per heavy atom. The van der Waals surface area contributed by atoms with Gasteiger partial charge in [-0.05, 0) is 89.9 Å². The van der Waals surface area contributed by atoms with Crippen LogP contribution < -0.4 is 14.2 Å². The minimum atomic E-state index is -0.328. The van der Waals surface area contributed by atoms with Crippen LogP contribution in [0.25, 0.3) is 6.08 Å². The summed E-state index contributed by atoms with van der Waals surface area (Å²) >= 11 is 4.42. The van der Waals surface area contributed by atoms with Crippen molar-refractivity contribution in [2.45, 2.75) is 20.8 Å². The Morgan fingerprint density at radius 2 is 1.84 bits per heavy atom. The Kier molecular flexibility index (Phi) is 8.03. The molecule has 1 saturated heterocycles. The normalized spacial score (nSPS) is 15.0. The molecule has 0 atom stereocenters. The second kappa shape index (κ2) is 10.7. The fourth-order valence-electron chi connectivity index (χ4n) is 3.02. The van der Waals surface area contributed by atoms with Gasteiger partial charge in [0.1, 0.15) is 12.4 Å². The van der Waals surface area contributed by atoms with Crippen molar-refractivity contribution >= 4 is 44.9 Å². The zero-order valence-corrected chi connectivity index (χ0v) is 20.0. The lowest BCUT2D eigenvalue weighted by atomic mass is 10.2. The summed E-state index contributed by atoms with van der Waals surface area (Å²) in [7, 11) is 0. The quantitative estimate of drug-likeness (QED) is 0.409. The summed E-state index contributed by atoms with van der Waals surface area (Å²) in [5, 5.41) is -0.306. The van der Waals surface area contributed by atoms with Crippen LogP contribution in [0, 0.1) is 6.92 Å². The van der Waals surface area contributed by atoms with E-state index in [4.69, 9.17) is 14.2 Å². The Hall–Kier alpha value is -2.45. The van der Waals surface area contributed by atoms with Crippen molar-refractivity contribution in [2.75, 3.05) is 26.4 Å². The lowest BCUT2D eigenvalue weighted by Crippen LogP contribution is -2.32. The van der Waals surface area contributed by atoms with Gasteiger partial charge in [-0.15, -0.1) is 0 Å². The molecule has 1 fully saturated rings. The Morgan fingerprint density at radius 3 is 2.55 bits per heavy atom. The van der Waals surface area contributed by atoms with Crippen LogP contribution >= 0.6 is 27.7 Å². The van der Waals surface area contributed by atoms with E-state index in [9.17, 15) is 9.59 Å². The van der Waals surface area contributed by atoms with Gasteiger partial charge in [0.15, 0.2) is 11.5 Å². The topological polar surface area (TPSA) is 65.1 Å². The van der Waals surface area contributed by atoms with E-state index in [1.807, 2.05) is 51.1 Å². The van der Waals surface area contributed by atoms with Crippen LogP contribution in [-0.4, -0.2) is 42.4 Å². The first-order valence-electron chi connectivity index (χ1n) is 9.96. The minimum Gasteiger partial charge on any atom is -0.492 e. The number of carbonyl (C=O) groups excluding carboxylic acids is 2. The molecule has 0 aromatic heterocycles. The molecule has 31 heavy (non-hydrogen) atoms. The molecule has 6 nitrogen and oxygen atoms in total. The van der Waals surface area contributed by atoms with Crippen molar-refractivity contribution in [3.63, 3.8) is 0 Å². The lowest BCUT2D eigenvalue weighted by Gasteiger charge is -2.14. The summed E-state index contributed by atoms with van der Waals surface area (Å²) in [5.41, 5.74) is 1.82. The predicted molar refractivity (Wildman–Crippen MR) is 126 cm³/mol. The summed E-state index contributed by atoms with van der Waals surface area (Å²) in [6, 6.07) is 11.3. The highest BCUT2D eigenvalue weighted by atomic mass is 79.9. The lowest BCUT2D eigenvalue weighted by molar-refractivity contribution is -0.123. The zero-order chi connectivity index (χ0) is 22.4. The third kappa shape index (κ3) is 5.83. The zero-order valence-electron chi connectivity index (χ0n) is 17.6. The van der Waals surface area contributed by atoms with Gasteiger partial charge in [-0.2, -0.15) is 0 Å². The molecule has 1 aliphatic heterocycles. The molecule has 0 spiro atoms. The molecule has 0 N–H and O–H groups in total. The Balaban J connectivity index is 1.72. The van der Waals surface area contributed by atoms with Crippen LogP contribution in [0.3, 0.4) is 0 Å². The molecule has 0 saturated carbocycles. The Labute approximate surface area is 194 Å². The maximum atomic E-state index is 12.8. The highest BCUT2D eigenvalue weighted by Gasteiger charge is 2.34. The molecule has 2 aromatic carbocycles. The van der Waals surface area contributed by atoms with Crippen LogP contribution in [0.15, 0.2) is 45.8 Å². The molecule has 0 bridgehead atoms. The van der Waals surface area contributed by atoms with E-state index < -0.39 is 0 Å². The smallest absolute Gasteiger partial charge is 0.293 e. The highest BCUT2D eigenvalue weighted by Crippen LogP contribution is 2.39. The molecule has 2 amide bonds. The largest absolute Gasteiger partial charge is 0.492 e. The van der Waals surface area contributed by atoms with E-state index in [0.717, 1.165) is 27.4 Å². The number of benzene rings is 2. The standard InChI is InChI=1S/C23H24BrNO5S/c1-4-28-19-13-16(12-18(24)21(19)29-5-2)14-20-22(26)25(23(27)31-20)9-10-30-17-8-6-7-15(3)11-17/h6-8,11-14H,4-5,9-10H2,1-3H3/b20-14-. The molecule has 164 valence electrons. The fourth-order valence-corrected chi connectivity index (χ4v) is 4.46. The van der Waals surface area contributed by atoms with Crippen molar-refractivity contribution in [1.82, 2.24) is 4.90 Å². The van der Waals surface area contributed by atoms with Crippen molar-refractivity contribution in [3.05, 3.63) is 56.9 Å². The van der Waals surface area contributed by atoms with Crippen LogP contribution in [-0.2, 0) is 4.79 Å². The predicted octanol–water partition coefficient (Wildman–Crippen LogP) is 5.67. The van der Waals surface area contributed by atoms with E-state index in [1.54, 1.807) is 12.1 Å². The number of amides is 2. The van der Waals surface area contributed by atoms with E-state index in [1.165, 1.54) is 4.90 Å². The van der Waals surface area contributed by atoms with E-state index in [0.29, 0.717) is 35.4 Å². The number of hydrogen-bond donors (Lipinski definition) is 0. The summed E-state index contributed by atoms with van der Waals surface area (Å²) in [6.45, 7) is 7.17. The number of imide groups is 1. The molecular formula is C23H24BrNO5S. The van der Waals surface area contributed by atoms with E-state index >= 15 is 0 Å². The van der Waals surface area contributed by atoms with Gasteiger partial charge >= 0.3 is 0 Å². The number of aryl methyl sites for hydroxylation is 1. The molecule has 0 radical (unpaired) electrons. The highest BCUT2D eigenvalue weighted by molar-refractivity contribution is 9.10. The maximum Gasteiger partial charge on any atom is 0.293 e. The van der Waals surface area contributed by atoms with E-state index in [-0.39, 0.29) is 24.3 Å². The first kappa shape index (κ1) is 23.2. The monoisotopic (exact) mass is 505 g/mol. The van der Waals surface area contributed by atoms with Crippen LogP contribution in [0.1, 0.15) is 25.0 Å². The molecule has 1 heterocycles. The number of hydrogen-bond acceptors (Lipinski definition) is 6. The van der Waals surface area contributed by atoms with Crippen molar-refractivity contribution in [3.8, 4) is 17.2 Å². The van der Waals surface area contributed by atoms with Gasteiger partial charge in [-0.3, -0.25) is 14.5 Å². The average molecular weight is 506 g/mol. The van der Waals surface area contributed by atoms with Gasteiger partial charge in [0, 0.05) is 0 Å². The molecule has 0 unspecified atom stereocenters. The third-order valence-corrected chi connectivity index (χ3v) is 5.86. The first-order valence-corrected chi connectivity index (χ1v) is 11.6. The molecular weight excluding hydrogens is 482 g/mol. The summed E-state index contributed by atoms with van der Waals surface area (Å²) in [5.74, 6) is 1.58. The molecule has 1 aliphatic rings. The van der Waals surface area contributed by atoms with E-state index in [2.05, 4.69) is 15.9 Å². The summed E-state index contributed by atoms with van der Waals surface area (Å²) < 4.78 is 17.7. The van der Waals surface area contributed by atoms with Gasteiger partial charge in [-0.1, -0.05) is 12.1 Å². The maximum absolute atomic E-state index is 12.8. The summed E-state index contributed by atoms with van der Waals surface area (Å²) in [4.78, 5) is 26.7. The van der Waals surface area contributed by atoms with Gasteiger partial charge < -0.3 is 14.2 Å². The number of nitrogens with zero attached hydrogens (tertiary/aromatic N) is 1. The van der Waals surface area contributed by atoms with Crippen molar-refractivity contribution in [2.24, 2.45) is 0 Å². The second-order valence-electron chi connectivity index (χ2n) is 6.69. The van der Waals surface area contributed by atoms with Gasteiger partial charge in [0.2, 0.25) is 0 Å². The molecule has 2 aromatic rings. The van der Waals surface area contributed by atoms with Crippen LogP contribution in [0.2, 0.25) is 0 Å². The number of halogens is 1. The SMILES string of the molecule is CCOc1cc(/C=C2\SC(=O)N(CCOc3cccc(C)c3)C2=O)cc(Br)c1OCC. The van der Waals surface area contributed by atoms with Gasteiger partial charge in [0.05, 0.1) is 29.1 Å². The number of thioether (sulfide) groups is 1. The fraction of sp³-hybridized carbons (Fsp3) is 0.304. The average Bonchev–Trinajstić information content (AvgIpc) is 2.98. The minimum absolute atomic E-state index is 0.188. The molecule has 8 heteroatoms. The van der Waals surface area contributed by atoms with Gasteiger partial charge in [-0.25, -0.2) is 0 Å². The Bertz CT molecular complexity index is 1010. The summed E-state index contributed by atoms with van der Waals surface area (Å²) in [6.07, 6.45) is 1.69. The molecule has 3 rings (SSSR count). The third-order valence-electron chi connectivity index (χ3n) is 4.36. The van der Waals surface area contributed by atoms with Crippen molar-refractivity contribution in [1.29, 1.82) is 0 Å². The second-order valence-corrected chi connectivity index (χ2v) is 8.54. The van der Waals surface area contributed by atoms with Gasteiger partial charge in [0.25, 0.3) is 11.1 Å². The first-order chi connectivity index (χ1) is 14.9. The number of ether oxygens (including phenoxy) is 3. The molecule has 0 aliphatic carbocycles. The van der Waals surface area contributed by atoms with Crippen molar-refractivity contribution < 1.29 is 23.8 Å².